The second-order valence-electron chi connectivity index (χ2n) is 11.1. The SMILES string of the molecule is Cc1ccc2ccccc2c1CN1C(=O)[C@@H](NC(=O)[C@H](C)N(C)C(=O)OC(C)(C)C)CNc2cc(C#N)ccc21. The Morgan fingerprint density at radius 2 is 1.93 bits per heavy atom. The van der Waals surface area contributed by atoms with Crippen LogP contribution in [-0.4, -0.2) is 54.1 Å². The molecule has 9 nitrogen and oxygen atoms in total. The predicted octanol–water partition coefficient (Wildman–Crippen LogP) is 4.72. The van der Waals surface area contributed by atoms with Gasteiger partial charge in [-0.15, -0.1) is 0 Å². The zero-order valence-electron chi connectivity index (χ0n) is 23.7. The maximum Gasteiger partial charge on any atom is 0.410 e. The quantitative estimate of drug-likeness (QED) is 0.483. The van der Waals surface area contributed by atoms with Gasteiger partial charge in [-0.05, 0) is 74.7 Å². The number of likely N-dealkylation sites (N-methyl/N-ethyl adjacent to an activating group) is 1. The van der Waals surface area contributed by atoms with E-state index >= 15 is 0 Å². The van der Waals surface area contributed by atoms with E-state index in [1.165, 1.54) is 11.9 Å². The van der Waals surface area contributed by atoms with Crippen molar-refractivity contribution in [3.63, 3.8) is 0 Å². The van der Waals surface area contributed by atoms with Crippen molar-refractivity contribution in [1.82, 2.24) is 10.2 Å². The number of hydrogen-bond donors (Lipinski definition) is 2. The summed E-state index contributed by atoms with van der Waals surface area (Å²) >= 11 is 0. The molecular formula is C31H35N5O4. The van der Waals surface area contributed by atoms with Crippen molar-refractivity contribution in [2.75, 3.05) is 23.8 Å². The molecule has 0 radical (unpaired) electrons. The first-order valence-corrected chi connectivity index (χ1v) is 13.2. The maximum absolute atomic E-state index is 14.1. The lowest BCUT2D eigenvalue weighted by atomic mass is 9.98. The summed E-state index contributed by atoms with van der Waals surface area (Å²) in [6.07, 6.45) is -0.634. The summed E-state index contributed by atoms with van der Waals surface area (Å²) in [5.74, 6) is -0.790. The van der Waals surface area contributed by atoms with Crippen LogP contribution in [0, 0.1) is 18.3 Å². The van der Waals surface area contributed by atoms with Crippen LogP contribution in [0.25, 0.3) is 10.8 Å². The average molecular weight is 542 g/mol. The highest BCUT2D eigenvalue weighted by atomic mass is 16.6. The number of nitrogens with one attached hydrogen (secondary N) is 2. The minimum absolute atomic E-state index is 0.111. The molecule has 1 heterocycles. The molecule has 0 aromatic heterocycles. The smallest absolute Gasteiger partial charge is 0.410 e. The molecule has 3 amide bonds. The molecule has 3 aromatic carbocycles. The lowest BCUT2D eigenvalue weighted by Gasteiger charge is -2.30. The number of nitrogens with zero attached hydrogens (tertiary/aromatic N) is 3. The largest absolute Gasteiger partial charge is 0.444 e. The zero-order chi connectivity index (χ0) is 29.2. The summed E-state index contributed by atoms with van der Waals surface area (Å²) in [6.45, 7) is 9.23. The van der Waals surface area contributed by atoms with E-state index in [1.54, 1.807) is 50.8 Å². The van der Waals surface area contributed by atoms with Gasteiger partial charge in [-0.2, -0.15) is 5.26 Å². The van der Waals surface area contributed by atoms with Crippen molar-refractivity contribution >= 4 is 40.1 Å². The van der Waals surface area contributed by atoms with E-state index < -0.39 is 29.7 Å². The first-order valence-electron chi connectivity index (χ1n) is 13.2. The van der Waals surface area contributed by atoms with E-state index in [9.17, 15) is 19.6 Å². The standard InChI is InChI=1S/C31H35N5O4/c1-19-11-13-22-9-7-8-10-23(22)24(19)18-36-27-14-12-21(16-32)15-25(27)33-17-26(29(36)38)34-28(37)20(2)35(6)30(39)40-31(3,4)5/h7-15,20,26,33H,17-18H2,1-6H3,(H,34,37)/t20-,26-/m0/s1. The number of rotatable bonds is 5. The van der Waals surface area contributed by atoms with Gasteiger partial charge in [0.25, 0.3) is 5.91 Å². The molecule has 0 aliphatic carbocycles. The Bertz CT molecular complexity index is 1500. The molecule has 9 heteroatoms. The number of hydrogen-bond acceptors (Lipinski definition) is 6. The fraction of sp³-hybridized carbons (Fsp3) is 0.355. The molecule has 2 N–H and O–H groups in total. The molecule has 0 fully saturated rings. The van der Waals surface area contributed by atoms with E-state index in [1.807, 2.05) is 37.3 Å². The van der Waals surface area contributed by atoms with Crippen molar-refractivity contribution in [3.8, 4) is 6.07 Å². The molecule has 208 valence electrons. The average Bonchev–Trinajstić information content (AvgIpc) is 3.04. The Labute approximate surface area is 234 Å². The first kappa shape index (κ1) is 28.4. The van der Waals surface area contributed by atoms with Crippen LogP contribution in [0.2, 0.25) is 0 Å². The molecular weight excluding hydrogens is 506 g/mol. The van der Waals surface area contributed by atoms with E-state index in [0.29, 0.717) is 16.9 Å². The topological polar surface area (TPSA) is 115 Å². The van der Waals surface area contributed by atoms with Crippen LogP contribution in [0.15, 0.2) is 54.6 Å². The number of amides is 3. The second-order valence-corrected chi connectivity index (χ2v) is 11.1. The van der Waals surface area contributed by atoms with Crippen LogP contribution < -0.4 is 15.5 Å². The number of ether oxygens (including phenoxy) is 1. The number of carbonyl (C=O) groups is 3. The summed E-state index contributed by atoms with van der Waals surface area (Å²) in [4.78, 5) is 42.7. The predicted molar refractivity (Wildman–Crippen MR) is 155 cm³/mol. The van der Waals surface area contributed by atoms with E-state index in [-0.39, 0.29) is 19.0 Å². The summed E-state index contributed by atoms with van der Waals surface area (Å²) in [7, 11) is 1.49. The minimum Gasteiger partial charge on any atom is -0.444 e. The van der Waals surface area contributed by atoms with Gasteiger partial charge in [0, 0.05) is 13.6 Å². The normalized spacial score (nSPS) is 15.8. The Kier molecular flexibility index (Phi) is 8.01. The Morgan fingerprint density at radius 1 is 1.20 bits per heavy atom. The van der Waals surface area contributed by atoms with E-state index in [0.717, 1.165) is 21.9 Å². The highest BCUT2D eigenvalue weighted by molar-refractivity contribution is 6.04. The monoisotopic (exact) mass is 541 g/mol. The minimum atomic E-state index is -0.921. The van der Waals surface area contributed by atoms with Crippen molar-refractivity contribution in [3.05, 3.63) is 71.3 Å². The van der Waals surface area contributed by atoms with Crippen LogP contribution in [0.1, 0.15) is 44.4 Å². The van der Waals surface area contributed by atoms with Crippen LogP contribution >= 0.6 is 0 Å². The second kappa shape index (κ2) is 11.3. The fourth-order valence-corrected chi connectivity index (χ4v) is 4.64. The molecule has 40 heavy (non-hydrogen) atoms. The Morgan fingerprint density at radius 3 is 2.62 bits per heavy atom. The zero-order valence-corrected chi connectivity index (χ0v) is 23.7. The van der Waals surface area contributed by atoms with Crippen LogP contribution in [0.5, 0.6) is 0 Å². The van der Waals surface area contributed by atoms with Crippen molar-refractivity contribution in [2.24, 2.45) is 0 Å². The van der Waals surface area contributed by atoms with Crippen LogP contribution in [-0.2, 0) is 20.9 Å². The van der Waals surface area contributed by atoms with Crippen molar-refractivity contribution in [2.45, 2.75) is 58.8 Å². The van der Waals surface area contributed by atoms with Gasteiger partial charge < -0.3 is 20.3 Å². The van der Waals surface area contributed by atoms with E-state index in [4.69, 9.17) is 4.74 Å². The molecule has 4 rings (SSSR count). The van der Waals surface area contributed by atoms with Gasteiger partial charge in [-0.1, -0.05) is 36.4 Å². The Hall–Kier alpha value is -4.58. The van der Waals surface area contributed by atoms with Gasteiger partial charge in [0.2, 0.25) is 5.91 Å². The van der Waals surface area contributed by atoms with Gasteiger partial charge in [-0.3, -0.25) is 14.5 Å². The van der Waals surface area contributed by atoms with Crippen molar-refractivity contribution < 1.29 is 19.1 Å². The number of carbonyl (C=O) groups excluding carboxylic acids is 3. The first-order chi connectivity index (χ1) is 18.9. The van der Waals surface area contributed by atoms with Gasteiger partial charge in [0.15, 0.2) is 0 Å². The lowest BCUT2D eigenvalue weighted by Crippen LogP contribution is -2.55. The van der Waals surface area contributed by atoms with Gasteiger partial charge in [0.1, 0.15) is 17.7 Å². The summed E-state index contributed by atoms with van der Waals surface area (Å²) in [5, 5.41) is 17.6. The summed E-state index contributed by atoms with van der Waals surface area (Å²) in [6, 6.07) is 17.6. The number of fused-ring (bicyclic) bond motifs is 2. The van der Waals surface area contributed by atoms with Crippen LogP contribution in [0.3, 0.4) is 0 Å². The molecule has 0 unspecified atom stereocenters. The molecule has 1 aliphatic rings. The molecule has 0 saturated carbocycles. The van der Waals surface area contributed by atoms with Gasteiger partial charge in [0.05, 0.1) is 29.6 Å². The van der Waals surface area contributed by atoms with Gasteiger partial charge >= 0.3 is 6.09 Å². The summed E-state index contributed by atoms with van der Waals surface area (Å²) < 4.78 is 5.39. The number of anilines is 2. The molecule has 2 atom stereocenters. The summed E-state index contributed by atoms with van der Waals surface area (Å²) in [5.41, 5.74) is 3.01. The van der Waals surface area contributed by atoms with E-state index in [2.05, 4.69) is 22.8 Å². The molecule has 0 bridgehead atoms. The van der Waals surface area contributed by atoms with Gasteiger partial charge in [-0.25, -0.2) is 4.79 Å². The third-order valence-corrected chi connectivity index (χ3v) is 7.03. The number of benzene rings is 3. The third-order valence-electron chi connectivity index (χ3n) is 7.03. The third kappa shape index (κ3) is 6.01. The number of aryl methyl sites for hydroxylation is 1. The number of nitriles is 1. The molecule has 3 aromatic rings. The fourth-order valence-electron chi connectivity index (χ4n) is 4.64. The molecule has 0 saturated heterocycles. The molecule has 0 spiro atoms. The Balaban J connectivity index is 1.65. The highest BCUT2D eigenvalue weighted by Crippen LogP contribution is 2.33. The van der Waals surface area contributed by atoms with Crippen LogP contribution in [0.4, 0.5) is 16.2 Å². The molecule has 1 aliphatic heterocycles. The highest BCUT2D eigenvalue weighted by Gasteiger charge is 2.35. The lowest BCUT2D eigenvalue weighted by molar-refractivity contribution is -0.130. The maximum atomic E-state index is 14.1. The van der Waals surface area contributed by atoms with Crippen molar-refractivity contribution in [1.29, 1.82) is 5.26 Å².